The minimum Gasteiger partial charge on any atom is -0.454 e. The zero-order valence-corrected chi connectivity index (χ0v) is 13.2. The normalized spacial score (nSPS) is 19.5. The van der Waals surface area contributed by atoms with E-state index in [1.165, 1.54) is 6.92 Å². The first-order chi connectivity index (χ1) is 11.5. The van der Waals surface area contributed by atoms with Crippen LogP contribution in [0, 0.1) is 0 Å². The maximum absolute atomic E-state index is 12.0. The summed E-state index contributed by atoms with van der Waals surface area (Å²) in [5.41, 5.74) is 0.842. The van der Waals surface area contributed by atoms with Crippen molar-refractivity contribution < 1.29 is 28.6 Å². The highest BCUT2D eigenvalue weighted by atomic mass is 16.7. The molecule has 0 unspecified atom stereocenters. The van der Waals surface area contributed by atoms with Gasteiger partial charge in [0.05, 0.1) is 0 Å². The molecule has 2 aliphatic heterocycles. The molecule has 1 aromatic carbocycles. The van der Waals surface area contributed by atoms with Crippen LogP contribution in [-0.4, -0.2) is 36.7 Å². The molecule has 0 radical (unpaired) electrons. The van der Waals surface area contributed by atoms with Crippen LogP contribution >= 0.6 is 0 Å². The number of hydrogen-bond acceptors (Lipinski definition) is 6. The summed E-state index contributed by atoms with van der Waals surface area (Å²) in [5.74, 6) is 0.123. The Hall–Kier alpha value is -2.77. The van der Waals surface area contributed by atoms with Gasteiger partial charge in [0.15, 0.2) is 17.6 Å². The molecule has 128 valence electrons. The number of carbonyl (C=O) groups is 3. The summed E-state index contributed by atoms with van der Waals surface area (Å²) < 4.78 is 15.6. The van der Waals surface area contributed by atoms with E-state index in [2.05, 4.69) is 10.6 Å². The monoisotopic (exact) mass is 334 g/mol. The van der Waals surface area contributed by atoms with Gasteiger partial charge in [-0.15, -0.1) is 0 Å². The number of carbonyl (C=O) groups excluding carboxylic acids is 3. The Kier molecular flexibility index (Phi) is 4.54. The molecule has 2 N–H and O–H groups in total. The molecule has 2 amide bonds. The van der Waals surface area contributed by atoms with Gasteiger partial charge >= 0.3 is 5.97 Å². The van der Waals surface area contributed by atoms with Gasteiger partial charge in [0.25, 0.3) is 5.91 Å². The fourth-order valence-electron chi connectivity index (χ4n) is 2.48. The molecule has 2 heterocycles. The van der Waals surface area contributed by atoms with Crippen molar-refractivity contribution >= 4 is 17.8 Å². The van der Waals surface area contributed by atoms with Crippen molar-refractivity contribution in [1.29, 1.82) is 0 Å². The quantitative estimate of drug-likeness (QED) is 0.748. The third-order valence-corrected chi connectivity index (χ3v) is 3.85. The zero-order chi connectivity index (χ0) is 17.1. The number of amides is 2. The Bertz CT molecular complexity index is 675. The molecule has 8 nitrogen and oxygen atoms in total. The number of nitrogens with one attached hydrogen (secondary N) is 2. The molecule has 1 aromatic rings. The predicted molar refractivity (Wildman–Crippen MR) is 81.1 cm³/mol. The van der Waals surface area contributed by atoms with Crippen LogP contribution in [0.4, 0.5) is 0 Å². The van der Waals surface area contributed by atoms with Gasteiger partial charge in [0, 0.05) is 13.0 Å². The molecule has 8 heteroatoms. The summed E-state index contributed by atoms with van der Waals surface area (Å²) in [6.45, 7) is 1.96. The van der Waals surface area contributed by atoms with E-state index in [9.17, 15) is 14.4 Å². The first kappa shape index (κ1) is 16.1. The maximum atomic E-state index is 12.0. The molecule has 1 saturated heterocycles. The Morgan fingerprint density at radius 1 is 1.38 bits per heavy atom. The second kappa shape index (κ2) is 6.77. The Morgan fingerprint density at radius 3 is 2.92 bits per heavy atom. The van der Waals surface area contributed by atoms with Crippen LogP contribution in [0.25, 0.3) is 0 Å². The van der Waals surface area contributed by atoms with Crippen LogP contribution in [0.2, 0.25) is 0 Å². The SMILES string of the molecule is C[C@@H](OC(=O)[C@@H]1CCC(=O)N1)C(=O)NCc1ccc2c(c1)OCO2. The van der Waals surface area contributed by atoms with Gasteiger partial charge in [0.2, 0.25) is 12.7 Å². The van der Waals surface area contributed by atoms with Crippen LogP contribution < -0.4 is 20.1 Å². The van der Waals surface area contributed by atoms with Gasteiger partial charge in [-0.05, 0) is 31.0 Å². The predicted octanol–water partition coefficient (Wildman–Crippen LogP) is 0.242. The molecule has 0 bridgehead atoms. The first-order valence-electron chi connectivity index (χ1n) is 7.69. The Labute approximate surface area is 138 Å². The van der Waals surface area contributed by atoms with Gasteiger partial charge in [-0.25, -0.2) is 4.79 Å². The molecular weight excluding hydrogens is 316 g/mol. The van der Waals surface area contributed by atoms with Gasteiger partial charge < -0.3 is 24.8 Å². The molecule has 0 spiro atoms. The van der Waals surface area contributed by atoms with Crippen LogP contribution in [0.5, 0.6) is 11.5 Å². The summed E-state index contributed by atoms with van der Waals surface area (Å²) in [7, 11) is 0. The van der Waals surface area contributed by atoms with E-state index in [1.54, 1.807) is 12.1 Å². The highest BCUT2D eigenvalue weighted by molar-refractivity contribution is 5.90. The van der Waals surface area contributed by atoms with Crippen LogP contribution in [-0.2, 0) is 25.7 Å². The van der Waals surface area contributed by atoms with Crippen molar-refractivity contribution in [2.45, 2.75) is 38.5 Å². The van der Waals surface area contributed by atoms with Crippen molar-refractivity contribution in [2.75, 3.05) is 6.79 Å². The van der Waals surface area contributed by atoms with Gasteiger partial charge in [-0.2, -0.15) is 0 Å². The fraction of sp³-hybridized carbons (Fsp3) is 0.438. The van der Waals surface area contributed by atoms with Crippen molar-refractivity contribution in [3.8, 4) is 11.5 Å². The van der Waals surface area contributed by atoms with Crippen molar-refractivity contribution in [3.63, 3.8) is 0 Å². The molecule has 1 fully saturated rings. The number of rotatable bonds is 5. The van der Waals surface area contributed by atoms with Gasteiger partial charge in [-0.1, -0.05) is 6.07 Å². The molecule has 2 atom stereocenters. The van der Waals surface area contributed by atoms with Crippen LogP contribution in [0.15, 0.2) is 18.2 Å². The lowest BCUT2D eigenvalue weighted by molar-refractivity contribution is -0.156. The number of fused-ring (bicyclic) bond motifs is 1. The lowest BCUT2D eigenvalue weighted by atomic mass is 10.2. The number of ether oxygens (including phenoxy) is 3. The average molecular weight is 334 g/mol. The van der Waals surface area contributed by atoms with E-state index in [0.717, 1.165) is 5.56 Å². The van der Waals surface area contributed by atoms with E-state index >= 15 is 0 Å². The molecule has 0 saturated carbocycles. The number of esters is 1. The molecule has 2 aliphatic rings. The third kappa shape index (κ3) is 3.58. The minimum atomic E-state index is -0.941. The van der Waals surface area contributed by atoms with E-state index in [0.29, 0.717) is 24.3 Å². The largest absolute Gasteiger partial charge is 0.454 e. The summed E-state index contributed by atoms with van der Waals surface area (Å²) in [6, 6.07) is 4.71. The molecule has 0 aliphatic carbocycles. The third-order valence-electron chi connectivity index (χ3n) is 3.85. The molecule has 3 rings (SSSR count). The van der Waals surface area contributed by atoms with Crippen molar-refractivity contribution in [2.24, 2.45) is 0 Å². The number of benzene rings is 1. The van der Waals surface area contributed by atoms with Gasteiger partial charge in [0.1, 0.15) is 6.04 Å². The summed E-state index contributed by atoms with van der Waals surface area (Å²) in [6.07, 6.45) is -0.253. The fourth-order valence-corrected chi connectivity index (χ4v) is 2.48. The number of hydrogen-bond donors (Lipinski definition) is 2. The zero-order valence-electron chi connectivity index (χ0n) is 13.2. The highest BCUT2D eigenvalue weighted by Gasteiger charge is 2.30. The highest BCUT2D eigenvalue weighted by Crippen LogP contribution is 2.32. The molecule has 0 aromatic heterocycles. The standard InChI is InChI=1S/C16H18N2O6/c1-9(24-16(21)11-3-5-14(19)18-11)15(20)17-7-10-2-4-12-13(6-10)23-8-22-12/h2,4,6,9,11H,3,5,7-8H2,1H3,(H,17,20)(H,18,19)/t9-,11+/m1/s1. The van der Waals surface area contributed by atoms with E-state index in [4.69, 9.17) is 14.2 Å². The minimum absolute atomic E-state index is 0.183. The summed E-state index contributed by atoms with van der Waals surface area (Å²) >= 11 is 0. The van der Waals surface area contributed by atoms with Gasteiger partial charge in [-0.3, -0.25) is 9.59 Å². The lowest BCUT2D eigenvalue weighted by Crippen LogP contribution is -2.41. The lowest BCUT2D eigenvalue weighted by Gasteiger charge is -2.16. The molecule has 24 heavy (non-hydrogen) atoms. The topological polar surface area (TPSA) is 103 Å². The smallest absolute Gasteiger partial charge is 0.329 e. The Morgan fingerprint density at radius 2 is 2.17 bits per heavy atom. The van der Waals surface area contributed by atoms with Crippen molar-refractivity contribution in [3.05, 3.63) is 23.8 Å². The summed E-state index contributed by atoms with van der Waals surface area (Å²) in [5, 5.41) is 5.20. The second-order valence-corrected chi connectivity index (χ2v) is 5.64. The average Bonchev–Trinajstić information content (AvgIpc) is 3.20. The van der Waals surface area contributed by atoms with E-state index in [1.807, 2.05) is 6.07 Å². The molecular formula is C16H18N2O6. The first-order valence-corrected chi connectivity index (χ1v) is 7.69. The second-order valence-electron chi connectivity index (χ2n) is 5.64. The maximum Gasteiger partial charge on any atom is 0.329 e. The van der Waals surface area contributed by atoms with Crippen LogP contribution in [0.3, 0.4) is 0 Å². The van der Waals surface area contributed by atoms with Crippen LogP contribution in [0.1, 0.15) is 25.3 Å². The Balaban J connectivity index is 1.47. The van der Waals surface area contributed by atoms with E-state index in [-0.39, 0.29) is 19.2 Å². The summed E-state index contributed by atoms with van der Waals surface area (Å²) in [4.78, 5) is 35.0. The van der Waals surface area contributed by atoms with Crippen molar-refractivity contribution in [1.82, 2.24) is 10.6 Å². The van der Waals surface area contributed by atoms with E-state index < -0.39 is 24.0 Å².